The van der Waals surface area contributed by atoms with Crippen molar-refractivity contribution in [3.8, 4) is 0 Å². The zero-order chi connectivity index (χ0) is 11.1. The van der Waals surface area contributed by atoms with Crippen LogP contribution in [0.25, 0.3) is 0 Å². The number of thioether (sulfide) groups is 1. The lowest BCUT2D eigenvalue weighted by molar-refractivity contribution is 0.0803. The molecule has 0 aliphatic carbocycles. The quantitative estimate of drug-likeness (QED) is 0.830. The minimum Gasteiger partial charge on any atom is -0.390 e. The molecule has 1 N–H and O–H groups in total. The van der Waals surface area contributed by atoms with E-state index >= 15 is 0 Å². The minimum absolute atomic E-state index is 0.610. The molecule has 1 heterocycles. The average molecular weight is 222 g/mol. The Balaban J connectivity index is 2.31. The van der Waals surface area contributed by atoms with E-state index in [2.05, 4.69) is 25.1 Å². The molecule has 0 amide bonds. The lowest BCUT2D eigenvalue weighted by Crippen LogP contribution is -2.22. The fraction of sp³-hybridized carbons (Fsp3) is 0.538. The van der Waals surface area contributed by atoms with Gasteiger partial charge in [0.05, 0.1) is 5.60 Å². The molecule has 0 saturated carbocycles. The zero-order valence-corrected chi connectivity index (χ0v) is 10.4. The number of rotatable bonds is 2. The molecule has 1 atom stereocenters. The number of hydrogen-bond acceptors (Lipinski definition) is 2. The van der Waals surface area contributed by atoms with E-state index in [0.717, 1.165) is 6.42 Å². The summed E-state index contributed by atoms with van der Waals surface area (Å²) in [5.74, 6) is 0. The first kappa shape index (κ1) is 11.0. The molecule has 1 unspecified atom stereocenters. The Kier molecular flexibility index (Phi) is 2.82. The molecule has 0 bridgehead atoms. The summed E-state index contributed by atoms with van der Waals surface area (Å²) < 4.78 is 0. The first-order valence-electron chi connectivity index (χ1n) is 5.45. The summed E-state index contributed by atoms with van der Waals surface area (Å²) in [7, 11) is 0. The van der Waals surface area contributed by atoms with Crippen LogP contribution >= 0.6 is 11.8 Å². The first-order valence-corrected chi connectivity index (χ1v) is 6.33. The standard InChI is InChI=1S/C13H18OS/c1-9-7-10-5-4-6-11(12(10)15-9)8-13(2,3)14/h4-6,9,14H,7-8H2,1-3H3. The predicted octanol–water partition coefficient (Wildman–Crippen LogP) is 3.04. The maximum Gasteiger partial charge on any atom is 0.0632 e. The Bertz CT molecular complexity index is 365. The van der Waals surface area contributed by atoms with Gasteiger partial charge in [-0.2, -0.15) is 0 Å². The lowest BCUT2D eigenvalue weighted by atomic mass is 9.96. The van der Waals surface area contributed by atoms with E-state index in [1.165, 1.54) is 22.4 Å². The third kappa shape index (κ3) is 2.56. The van der Waals surface area contributed by atoms with Crippen molar-refractivity contribution < 1.29 is 5.11 Å². The Morgan fingerprint density at radius 3 is 2.87 bits per heavy atom. The van der Waals surface area contributed by atoms with Crippen LogP contribution in [0.1, 0.15) is 31.9 Å². The summed E-state index contributed by atoms with van der Waals surface area (Å²) in [5, 5.41) is 10.5. The lowest BCUT2D eigenvalue weighted by Gasteiger charge is -2.18. The minimum atomic E-state index is -0.610. The van der Waals surface area contributed by atoms with Crippen molar-refractivity contribution in [2.45, 2.75) is 49.4 Å². The number of fused-ring (bicyclic) bond motifs is 1. The van der Waals surface area contributed by atoms with Crippen molar-refractivity contribution in [3.63, 3.8) is 0 Å². The van der Waals surface area contributed by atoms with Crippen LogP contribution in [0.4, 0.5) is 0 Å². The summed E-state index contributed by atoms with van der Waals surface area (Å²) in [6.07, 6.45) is 1.91. The molecule has 0 saturated heterocycles. The van der Waals surface area contributed by atoms with Crippen LogP contribution in [0.15, 0.2) is 23.1 Å². The highest BCUT2D eigenvalue weighted by Gasteiger charge is 2.23. The Labute approximate surface area is 95.9 Å². The van der Waals surface area contributed by atoms with E-state index in [4.69, 9.17) is 0 Å². The molecule has 82 valence electrons. The fourth-order valence-electron chi connectivity index (χ4n) is 2.11. The highest BCUT2D eigenvalue weighted by Crippen LogP contribution is 2.40. The molecule has 0 aromatic heterocycles. The topological polar surface area (TPSA) is 20.2 Å². The molecule has 0 spiro atoms. The summed E-state index contributed by atoms with van der Waals surface area (Å²) in [4.78, 5) is 1.41. The van der Waals surface area contributed by atoms with Crippen molar-refractivity contribution in [1.29, 1.82) is 0 Å². The average Bonchev–Trinajstić information content (AvgIpc) is 2.43. The van der Waals surface area contributed by atoms with Crippen LogP contribution in [-0.4, -0.2) is 16.0 Å². The van der Waals surface area contributed by atoms with E-state index in [0.29, 0.717) is 5.25 Å². The Morgan fingerprint density at radius 2 is 2.20 bits per heavy atom. The second-order valence-corrected chi connectivity index (χ2v) is 6.48. The van der Waals surface area contributed by atoms with Gasteiger partial charge in [-0.15, -0.1) is 11.8 Å². The molecular formula is C13H18OS. The number of benzene rings is 1. The SMILES string of the molecule is CC1Cc2cccc(CC(C)(C)O)c2S1. The van der Waals surface area contributed by atoms with Crippen molar-refractivity contribution in [3.05, 3.63) is 29.3 Å². The molecule has 1 aromatic rings. The van der Waals surface area contributed by atoms with E-state index < -0.39 is 5.60 Å². The third-order valence-corrected chi connectivity index (χ3v) is 3.96. The summed E-state index contributed by atoms with van der Waals surface area (Å²) in [6.45, 7) is 6.00. The molecule has 2 rings (SSSR count). The molecule has 2 heteroatoms. The predicted molar refractivity (Wildman–Crippen MR) is 65.5 cm³/mol. The molecule has 15 heavy (non-hydrogen) atoms. The Hall–Kier alpha value is -0.470. The molecule has 1 aromatic carbocycles. The van der Waals surface area contributed by atoms with Gasteiger partial charge in [-0.1, -0.05) is 25.1 Å². The van der Waals surface area contributed by atoms with Gasteiger partial charge in [0.15, 0.2) is 0 Å². The van der Waals surface area contributed by atoms with Gasteiger partial charge >= 0.3 is 0 Å². The fourth-order valence-corrected chi connectivity index (χ4v) is 3.37. The second kappa shape index (κ2) is 3.84. The van der Waals surface area contributed by atoms with Gasteiger partial charge in [-0.25, -0.2) is 0 Å². The summed E-state index contributed by atoms with van der Waals surface area (Å²) in [5.41, 5.74) is 2.14. The molecule has 0 radical (unpaired) electrons. The van der Waals surface area contributed by atoms with Crippen molar-refractivity contribution >= 4 is 11.8 Å². The number of hydrogen-bond donors (Lipinski definition) is 1. The van der Waals surface area contributed by atoms with Gasteiger partial charge in [0.25, 0.3) is 0 Å². The van der Waals surface area contributed by atoms with Gasteiger partial charge in [-0.3, -0.25) is 0 Å². The molecule has 1 nitrogen and oxygen atoms in total. The van der Waals surface area contributed by atoms with Crippen LogP contribution in [0.2, 0.25) is 0 Å². The van der Waals surface area contributed by atoms with Crippen molar-refractivity contribution in [2.24, 2.45) is 0 Å². The van der Waals surface area contributed by atoms with E-state index in [1.807, 2.05) is 25.6 Å². The summed E-state index contributed by atoms with van der Waals surface area (Å²) in [6, 6.07) is 6.46. The largest absolute Gasteiger partial charge is 0.390 e. The van der Waals surface area contributed by atoms with Crippen LogP contribution in [0, 0.1) is 0 Å². The smallest absolute Gasteiger partial charge is 0.0632 e. The van der Waals surface area contributed by atoms with Gasteiger partial charge in [0.1, 0.15) is 0 Å². The van der Waals surface area contributed by atoms with Crippen LogP contribution in [0.3, 0.4) is 0 Å². The van der Waals surface area contributed by atoms with Crippen LogP contribution in [-0.2, 0) is 12.8 Å². The van der Waals surface area contributed by atoms with Gasteiger partial charge in [0.2, 0.25) is 0 Å². The molecule has 0 fully saturated rings. The van der Waals surface area contributed by atoms with Gasteiger partial charge < -0.3 is 5.11 Å². The highest BCUT2D eigenvalue weighted by atomic mass is 32.2. The summed E-state index contributed by atoms with van der Waals surface area (Å²) >= 11 is 1.95. The first-order chi connectivity index (χ1) is 6.96. The normalized spacial score (nSPS) is 20.4. The van der Waals surface area contributed by atoms with Crippen LogP contribution in [0.5, 0.6) is 0 Å². The Morgan fingerprint density at radius 1 is 1.47 bits per heavy atom. The van der Waals surface area contributed by atoms with Crippen LogP contribution < -0.4 is 0 Å². The zero-order valence-electron chi connectivity index (χ0n) is 9.58. The molecular weight excluding hydrogens is 204 g/mol. The van der Waals surface area contributed by atoms with E-state index in [9.17, 15) is 5.11 Å². The third-order valence-electron chi connectivity index (χ3n) is 2.63. The molecule has 1 aliphatic rings. The van der Waals surface area contributed by atoms with E-state index in [-0.39, 0.29) is 0 Å². The van der Waals surface area contributed by atoms with Crippen molar-refractivity contribution in [1.82, 2.24) is 0 Å². The second-order valence-electron chi connectivity index (χ2n) is 5.03. The monoisotopic (exact) mass is 222 g/mol. The maximum absolute atomic E-state index is 9.86. The van der Waals surface area contributed by atoms with E-state index in [1.54, 1.807) is 0 Å². The highest BCUT2D eigenvalue weighted by molar-refractivity contribution is 8.00. The molecule has 1 aliphatic heterocycles. The van der Waals surface area contributed by atoms with Gasteiger partial charge in [-0.05, 0) is 31.4 Å². The van der Waals surface area contributed by atoms with Gasteiger partial charge in [0, 0.05) is 16.6 Å². The number of aliphatic hydroxyl groups is 1. The maximum atomic E-state index is 9.86. The van der Waals surface area contributed by atoms with Crippen molar-refractivity contribution in [2.75, 3.05) is 0 Å².